The van der Waals surface area contributed by atoms with Crippen LogP contribution < -0.4 is 0 Å². The number of fused-ring (bicyclic) bond motifs is 6. The van der Waals surface area contributed by atoms with Crippen molar-refractivity contribution in [3.63, 3.8) is 0 Å². The highest BCUT2D eigenvalue weighted by Gasteiger charge is 2.37. The highest BCUT2D eigenvalue weighted by molar-refractivity contribution is 7.26. The van der Waals surface area contributed by atoms with E-state index in [1.54, 1.807) is 5.57 Å². The summed E-state index contributed by atoms with van der Waals surface area (Å²) in [5.41, 5.74) is 19.6. The minimum absolute atomic E-state index is 0.0650. The second kappa shape index (κ2) is 21.3. The molecule has 4 aliphatic rings. The molecule has 0 amide bonds. The Bertz CT molecular complexity index is 3110. The molecule has 0 radical (unpaired) electrons. The van der Waals surface area contributed by atoms with E-state index < -0.39 is 0 Å². The van der Waals surface area contributed by atoms with Crippen molar-refractivity contribution in [1.82, 2.24) is 0 Å². The van der Waals surface area contributed by atoms with Crippen LogP contribution in [0.15, 0.2) is 210 Å². The molecule has 2 unspecified atom stereocenters. The smallest absolute Gasteiger partial charge is 0.0434 e. The van der Waals surface area contributed by atoms with Gasteiger partial charge in [0.05, 0.1) is 0 Å². The molecule has 4 aliphatic carbocycles. The normalized spacial score (nSPS) is 18.2. The molecule has 0 saturated carbocycles. The third kappa shape index (κ3) is 9.88. The Kier molecular flexibility index (Phi) is 14.9. The Morgan fingerprint density at radius 2 is 1.30 bits per heavy atom. The SMILES string of the molecule is C#C.C\C=C/C=C\C=C\c1cccc2c1sc1c(-c3ccccc3C3=CCC(C)C(C(C)(C)C4=CC5=C(CC=C4C)c4ccccc4C4=C(C=CCC4)C5)C=C3)cccc12.Cc1ccccc1. The van der Waals surface area contributed by atoms with E-state index in [1.807, 2.05) is 36.5 Å². The van der Waals surface area contributed by atoms with E-state index in [-0.39, 0.29) is 5.41 Å². The summed E-state index contributed by atoms with van der Waals surface area (Å²) >= 11 is 1.92. The Morgan fingerprint density at radius 1 is 0.642 bits per heavy atom. The molecule has 0 N–H and O–H groups in total. The van der Waals surface area contributed by atoms with Crippen molar-refractivity contribution in [1.29, 1.82) is 0 Å². The van der Waals surface area contributed by atoms with Crippen molar-refractivity contribution < 1.29 is 0 Å². The fourth-order valence-corrected chi connectivity index (χ4v) is 12.1. The number of allylic oxidation sites excluding steroid dienone is 19. The van der Waals surface area contributed by atoms with Gasteiger partial charge < -0.3 is 0 Å². The summed E-state index contributed by atoms with van der Waals surface area (Å²) in [5.74, 6) is 0.857. The third-order valence-corrected chi connectivity index (χ3v) is 15.4. The molecular weight excluding hydrogens is 825 g/mol. The number of terminal acetylenes is 1. The van der Waals surface area contributed by atoms with Crippen molar-refractivity contribution in [3.8, 4) is 24.0 Å². The lowest BCUT2D eigenvalue weighted by atomic mass is 9.65. The van der Waals surface area contributed by atoms with Gasteiger partial charge in [-0.25, -0.2) is 0 Å². The standard InChI is InChI=1S/C57H54S.C7H8.C2H2/c1-6-7-8-9-10-19-41-21-17-27-51-52-29-18-28-50(56(52)58-55(41)51)49-26-14-13-22-44(49)40-32-30-38(2)53(35-33-40)57(4,5)54-37-43-36-42-20-11-12-23-45(42)47-24-15-16-25-48(47)46(43)34-31-39(54)3;1-7-5-3-2-4-6-7;1-2/h6-11,13-22,24-29,31-33,35,37-38,53H,12,23,30,34,36H2,1-5H3;2-6H,1H3;1-2H/b7-6-,9-8-,19-10+;;. The Morgan fingerprint density at radius 3 is 2.03 bits per heavy atom. The van der Waals surface area contributed by atoms with Crippen LogP contribution in [0.1, 0.15) is 94.5 Å². The first-order chi connectivity index (χ1) is 32.7. The number of hydrogen-bond donors (Lipinski definition) is 0. The van der Waals surface area contributed by atoms with E-state index in [9.17, 15) is 0 Å². The maximum atomic E-state index is 4.00. The quantitative estimate of drug-likeness (QED) is 0.111. The number of benzene rings is 5. The summed E-state index contributed by atoms with van der Waals surface area (Å²) in [5, 5.41) is 2.65. The highest BCUT2D eigenvalue weighted by Crippen LogP contribution is 2.51. The van der Waals surface area contributed by atoms with Crippen molar-refractivity contribution in [2.45, 2.75) is 73.6 Å². The molecular formula is C66H64S. The van der Waals surface area contributed by atoms with Gasteiger partial charge >= 0.3 is 0 Å². The monoisotopic (exact) mass is 888 g/mol. The molecule has 1 aromatic heterocycles. The molecule has 10 rings (SSSR count). The molecule has 0 nitrogen and oxygen atoms in total. The fraction of sp³-hybridized carbons (Fsp3) is 0.212. The first-order valence-electron chi connectivity index (χ1n) is 24.1. The summed E-state index contributed by atoms with van der Waals surface area (Å²) in [7, 11) is 0. The van der Waals surface area contributed by atoms with Crippen LogP contribution >= 0.6 is 11.3 Å². The lowest BCUT2D eigenvalue weighted by molar-refractivity contribution is 0.243. The van der Waals surface area contributed by atoms with Crippen LogP contribution in [-0.2, 0) is 0 Å². The fourth-order valence-electron chi connectivity index (χ4n) is 10.8. The average Bonchev–Trinajstić information content (AvgIpc) is 3.43. The van der Waals surface area contributed by atoms with Gasteiger partial charge in [-0.05, 0) is 131 Å². The molecule has 2 atom stereocenters. The number of thiophene rings is 1. The zero-order chi connectivity index (χ0) is 46.9. The first-order valence-corrected chi connectivity index (χ1v) is 24.9. The summed E-state index contributed by atoms with van der Waals surface area (Å²) in [6.45, 7) is 14.0. The zero-order valence-corrected chi connectivity index (χ0v) is 41.0. The average molecular weight is 889 g/mol. The predicted molar refractivity (Wildman–Crippen MR) is 297 cm³/mol. The van der Waals surface area contributed by atoms with E-state index in [4.69, 9.17) is 0 Å². The molecule has 0 bridgehead atoms. The minimum Gasteiger partial charge on any atom is -0.134 e. The molecule has 0 spiro atoms. The van der Waals surface area contributed by atoms with Gasteiger partial charge in [-0.15, -0.1) is 24.2 Å². The minimum atomic E-state index is -0.0650. The van der Waals surface area contributed by atoms with Crippen molar-refractivity contribution >= 4 is 54.3 Å². The van der Waals surface area contributed by atoms with E-state index in [1.165, 1.54) is 92.6 Å². The van der Waals surface area contributed by atoms with Crippen molar-refractivity contribution in [2.24, 2.45) is 17.3 Å². The van der Waals surface area contributed by atoms with Gasteiger partial charge in [0.1, 0.15) is 0 Å². The summed E-state index contributed by atoms with van der Waals surface area (Å²) < 4.78 is 2.69. The van der Waals surface area contributed by atoms with Gasteiger partial charge in [-0.1, -0.05) is 226 Å². The lowest BCUT2D eigenvalue weighted by Crippen LogP contribution is -2.30. The van der Waals surface area contributed by atoms with Crippen LogP contribution in [0.3, 0.4) is 0 Å². The first kappa shape index (κ1) is 46.8. The second-order valence-electron chi connectivity index (χ2n) is 18.8. The highest BCUT2D eigenvalue weighted by atomic mass is 32.1. The van der Waals surface area contributed by atoms with Crippen LogP contribution in [0, 0.1) is 37.0 Å². The van der Waals surface area contributed by atoms with Gasteiger partial charge in [0.15, 0.2) is 0 Å². The van der Waals surface area contributed by atoms with Gasteiger partial charge in [0.2, 0.25) is 0 Å². The van der Waals surface area contributed by atoms with Crippen LogP contribution in [0.2, 0.25) is 0 Å². The molecule has 1 heterocycles. The molecule has 1 heteroatoms. The Balaban J connectivity index is 0.000000614. The van der Waals surface area contributed by atoms with Gasteiger partial charge in [0, 0.05) is 25.7 Å². The van der Waals surface area contributed by atoms with Crippen LogP contribution in [0.25, 0.3) is 54.1 Å². The molecule has 5 aromatic carbocycles. The number of hydrogen-bond acceptors (Lipinski definition) is 1. The molecule has 334 valence electrons. The second-order valence-corrected chi connectivity index (χ2v) is 19.8. The maximum absolute atomic E-state index is 4.00. The molecule has 0 aliphatic heterocycles. The van der Waals surface area contributed by atoms with E-state index in [0.29, 0.717) is 11.8 Å². The molecule has 6 aromatic rings. The van der Waals surface area contributed by atoms with Crippen LogP contribution in [0.5, 0.6) is 0 Å². The number of aryl methyl sites for hydroxylation is 1. The van der Waals surface area contributed by atoms with Crippen molar-refractivity contribution in [2.75, 3.05) is 0 Å². The summed E-state index contributed by atoms with van der Waals surface area (Å²) in [4.78, 5) is 0. The van der Waals surface area contributed by atoms with E-state index >= 15 is 0 Å². The number of rotatable bonds is 7. The van der Waals surface area contributed by atoms with E-state index in [2.05, 4.69) is 224 Å². The zero-order valence-electron chi connectivity index (χ0n) is 40.2. The van der Waals surface area contributed by atoms with Crippen LogP contribution in [0.4, 0.5) is 0 Å². The predicted octanol–water partition coefficient (Wildman–Crippen LogP) is 19.0. The topological polar surface area (TPSA) is 0 Å². The van der Waals surface area contributed by atoms with Crippen LogP contribution in [-0.4, -0.2) is 0 Å². The summed E-state index contributed by atoms with van der Waals surface area (Å²) in [6, 6.07) is 42.1. The molecule has 67 heavy (non-hydrogen) atoms. The molecule has 0 saturated heterocycles. The summed E-state index contributed by atoms with van der Waals surface area (Å²) in [6.07, 6.45) is 43.4. The van der Waals surface area contributed by atoms with Gasteiger partial charge in [0.25, 0.3) is 0 Å². The Labute approximate surface area is 405 Å². The largest absolute Gasteiger partial charge is 0.134 e. The van der Waals surface area contributed by atoms with Gasteiger partial charge in [-0.2, -0.15) is 0 Å². The van der Waals surface area contributed by atoms with Gasteiger partial charge in [-0.3, -0.25) is 0 Å². The Hall–Kier alpha value is -6.72. The van der Waals surface area contributed by atoms with Crippen molar-refractivity contribution in [3.05, 3.63) is 238 Å². The molecule has 0 fully saturated rings. The van der Waals surface area contributed by atoms with E-state index in [0.717, 1.165) is 32.1 Å². The lowest BCUT2D eigenvalue weighted by Gasteiger charge is -2.39. The maximum Gasteiger partial charge on any atom is 0.0434 e. The third-order valence-electron chi connectivity index (χ3n) is 14.1.